The summed E-state index contributed by atoms with van der Waals surface area (Å²) in [6, 6.07) is 0. The molecule has 0 saturated carbocycles. The molecular weight excluding hydrogens is 190 g/mol. The Labute approximate surface area is 88.0 Å². The Morgan fingerprint density at radius 1 is 1.20 bits per heavy atom. The lowest BCUT2D eigenvalue weighted by Gasteiger charge is -2.07. The van der Waals surface area contributed by atoms with Crippen LogP contribution in [0.5, 0.6) is 0 Å². The minimum absolute atomic E-state index is 0.477. The number of hydrogen-bond donors (Lipinski definition) is 1. The smallest absolute Gasteiger partial charge is 0.160 e. The third-order valence-electron chi connectivity index (χ3n) is 2.59. The van der Waals surface area contributed by atoms with E-state index >= 15 is 0 Å². The van der Waals surface area contributed by atoms with Crippen LogP contribution < -0.4 is 5.73 Å². The highest BCUT2D eigenvalue weighted by Gasteiger charge is 2.12. The van der Waals surface area contributed by atoms with Crippen LogP contribution in [0.15, 0.2) is 12.4 Å². The van der Waals surface area contributed by atoms with E-state index in [1.165, 1.54) is 0 Å². The number of anilines is 1. The molecule has 0 unspecified atom stereocenters. The molecule has 15 heavy (non-hydrogen) atoms. The second kappa shape index (κ2) is 3.34. The number of hydrogen-bond acceptors (Lipinski definition) is 4. The Hall–Kier alpha value is -1.91. The van der Waals surface area contributed by atoms with Crippen molar-refractivity contribution < 1.29 is 0 Å². The van der Waals surface area contributed by atoms with Gasteiger partial charge in [-0.1, -0.05) is 0 Å². The highest BCUT2D eigenvalue weighted by Crippen LogP contribution is 2.22. The Kier molecular flexibility index (Phi) is 2.15. The lowest BCUT2D eigenvalue weighted by atomic mass is 10.1. The summed E-state index contributed by atoms with van der Waals surface area (Å²) >= 11 is 0. The molecule has 0 aliphatic heterocycles. The fourth-order valence-electron chi connectivity index (χ4n) is 1.43. The predicted octanol–water partition coefficient (Wildman–Crippen LogP) is 1.08. The van der Waals surface area contributed by atoms with Crippen LogP contribution in [0.3, 0.4) is 0 Å². The fraction of sp³-hybridized carbons (Fsp3) is 0.300. The fourth-order valence-corrected chi connectivity index (χ4v) is 1.43. The molecule has 2 N–H and O–H groups in total. The van der Waals surface area contributed by atoms with Crippen LogP contribution in [0.2, 0.25) is 0 Å². The summed E-state index contributed by atoms with van der Waals surface area (Å²) in [6.07, 6.45) is 3.62. The molecule has 0 atom stereocenters. The maximum absolute atomic E-state index is 5.68. The van der Waals surface area contributed by atoms with Gasteiger partial charge in [-0.3, -0.25) is 0 Å². The van der Waals surface area contributed by atoms with E-state index in [-0.39, 0.29) is 0 Å². The van der Waals surface area contributed by atoms with Crippen molar-refractivity contribution >= 4 is 5.82 Å². The van der Waals surface area contributed by atoms with Crippen LogP contribution in [0, 0.1) is 13.8 Å². The number of rotatable bonds is 1. The molecule has 5 heteroatoms. The molecule has 0 fully saturated rings. The average molecular weight is 203 g/mol. The summed E-state index contributed by atoms with van der Waals surface area (Å²) in [5.41, 5.74) is 8.45. The van der Waals surface area contributed by atoms with E-state index in [0.29, 0.717) is 5.82 Å². The van der Waals surface area contributed by atoms with Crippen molar-refractivity contribution in [2.45, 2.75) is 13.8 Å². The first-order valence-corrected chi connectivity index (χ1v) is 4.68. The summed E-state index contributed by atoms with van der Waals surface area (Å²) in [4.78, 5) is 4.24. The maximum atomic E-state index is 5.68. The second-order valence-corrected chi connectivity index (χ2v) is 3.55. The summed E-state index contributed by atoms with van der Waals surface area (Å²) in [7, 11) is 1.93. The van der Waals surface area contributed by atoms with Crippen molar-refractivity contribution in [2.75, 3.05) is 5.73 Å². The molecule has 2 heterocycles. The highest BCUT2D eigenvalue weighted by molar-refractivity contribution is 5.60. The normalized spacial score (nSPS) is 10.6. The SMILES string of the molecule is Cc1c(N)nnc(-c2nccn2C)c1C. The van der Waals surface area contributed by atoms with Gasteiger partial charge in [-0.05, 0) is 25.0 Å². The van der Waals surface area contributed by atoms with Gasteiger partial charge in [0.15, 0.2) is 5.82 Å². The van der Waals surface area contributed by atoms with Gasteiger partial charge in [0.25, 0.3) is 0 Å². The van der Waals surface area contributed by atoms with Gasteiger partial charge in [-0.15, -0.1) is 10.2 Å². The first kappa shape index (κ1) is 9.64. The minimum atomic E-state index is 0.477. The third kappa shape index (κ3) is 1.45. The van der Waals surface area contributed by atoms with Gasteiger partial charge in [0.1, 0.15) is 11.5 Å². The molecule has 0 spiro atoms. The highest BCUT2D eigenvalue weighted by atomic mass is 15.2. The minimum Gasteiger partial charge on any atom is -0.382 e. The van der Waals surface area contributed by atoms with E-state index in [2.05, 4.69) is 15.2 Å². The summed E-state index contributed by atoms with van der Waals surface area (Å²) in [5, 5.41) is 7.99. The standard InChI is InChI=1S/C10H13N5/c1-6-7(2)9(11)14-13-8(6)10-12-4-5-15(10)3/h4-5H,1-3H3,(H2,11,14). The molecule has 2 aromatic heterocycles. The van der Waals surface area contributed by atoms with Gasteiger partial charge >= 0.3 is 0 Å². The van der Waals surface area contributed by atoms with Crippen LogP contribution in [-0.2, 0) is 7.05 Å². The van der Waals surface area contributed by atoms with Crippen LogP contribution in [-0.4, -0.2) is 19.7 Å². The monoisotopic (exact) mass is 203 g/mol. The van der Waals surface area contributed by atoms with Gasteiger partial charge < -0.3 is 10.3 Å². The van der Waals surface area contributed by atoms with E-state index in [4.69, 9.17) is 5.73 Å². The van der Waals surface area contributed by atoms with Crippen LogP contribution >= 0.6 is 0 Å². The van der Waals surface area contributed by atoms with E-state index in [9.17, 15) is 0 Å². The number of aryl methyl sites for hydroxylation is 1. The van der Waals surface area contributed by atoms with Gasteiger partial charge in [-0.2, -0.15) is 0 Å². The molecule has 2 aromatic rings. The number of nitrogen functional groups attached to an aromatic ring is 1. The van der Waals surface area contributed by atoms with Crippen molar-refractivity contribution in [3.8, 4) is 11.5 Å². The molecule has 78 valence electrons. The van der Waals surface area contributed by atoms with Crippen molar-refractivity contribution in [3.63, 3.8) is 0 Å². The van der Waals surface area contributed by atoms with Crippen molar-refractivity contribution in [1.82, 2.24) is 19.7 Å². The Morgan fingerprint density at radius 2 is 1.93 bits per heavy atom. The molecular formula is C10H13N5. The largest absolute Gasteiger partial charge is 0.382 e. The summed E-state index contributed by atoms with van der Waals surface area (Å²) < 4.78 is 1.91. The van der Waals surface area contributed by atoms with E-state index < -0.39 is 0 Å². The molecule has 0 radical (unpaired) electrons. The summed E-state index contributed by atoms with van der Waals surface area (Å²) in [5.74, 6) is 1.29. The Bertz CT molecular complexity index is 501. The van der Waals surface area contributed by atoms with Gasteiger partial charge in [0, 0.05) is 19.4 Å². The maximum Gasteiger partial charge on any atom is 0.160 e. The molecule has 0 bridgehead atoms. The summed E-state index contributed by atoms with van der Waals surface area (Å²) in [6.45, 7) is 3.91. The van der Waals surface area contributed by atoms with Crippen LogP contribution in [0.4, 0.5) is 5.82 Å². The Morgan fingerprint density at radius 3 is 2.53 bits per heavy atom. The molecule has 0 aliphatic carbocycles. The zero-order valence-corrected chi connectivity index (χ0v) is 9.02. The van der Waals surface area contributed by atoms with Gasteiger partial charge in [0.05, 0.1) is 0 Å². The zero-order valence-electron chi connectivity index (χ0n) is 9.02. The first-order chi connectivity index (χ1) is 7.11. The van der Waals surface area contributed by atoms with E-state index in [1.807, 2.05) is 31.7 Å². The molecule has 0 amide bonds. The van der Waals surface area contributed by atoms with Crippen molar-refractivity contribution in [1.29, 1.82) is 0 Å². The van der Waals surface area contributed by atoms with Crippen LogP contribution in [0.25, 0.3) is 11.5 Å². The van der Waals surface area contributed by atoms with Gasteiger partial charge in [-0.25, -0.2) is 4.98 Å². The van der Waals surface area contributed by atoms with E-state index in [1.54, 1.807) is 6.20 Å². The lowest BCUT2D eigenvalue weighted by molar-refractivity contribution is 0.898. The topological polar surface area (TPSA) is 69.6 Å². The molecule has 0 aromatic carbocycles. The van der Waals surface area contributed by atoms with E-state index in [0.717, 1.165) is 22.6 Å². The predicted molar refractivity (Wildman–Crippen MR) is 58.1 cm³/mol. The average Bonchev–Trinajstić information content (AvgIpc) is 2.62. The number of nitrogens with zero attached hydrogens (tertiary/aromatic N) is 4. The number of aromatic nitrogens is 4. The zero-order chi connectivity index (χ0) is 11.0. The molecule has 5 nitrogen and oxygen atoms in total. The third-order valence-corrected chi connectivity index (χ3v) is 2.59. The quantitative estimate of drug-likeness (QED) is 0.752. The molecule has 0 aliphatic rings. The lowest BCUT2D eigenvalue weighted by Crippen LogP contribution is -2.04. The molecule has 2 rings (SSSR count). The van der Waals surface area contributed by atoms with Crippen molar-refractivity contribution in [2.24, 2.45) is 7.05 Å². The molecule has 0 saturated heterocycles. The number of imidazole rings is 1. The second-order valence-electron chi connectivity index (χ2n) is 3.55. The van der Waals surface area contributed by atoms with Crippen molar-refractivity contribution in [3.05, 3.63) is 23.5 Å². The Balaban J connectivity index is 2.65. The number of nitrogens with two attached hydrogens (primary N) is 1. The van der Waals surface area contributed by atoms with Gasteiger partial charge in [0.2, 0.25) is 0 Å². The first-order valence-electron chi connectivity index (χ1n) is 4.68. The van der Waals surface area contributed by atoms with Crippen LogP contribution in [0.1, 0.15) is 11.1 Å².